The van der Waals surface area contributed by atoms with Gasteiger partial charge in [0.2, 0.25) is 11.3 Å². The monoisotopic (exact) mass is 393 g/mol. The van der Waals surface area contributed by atoms with Crippen LogP contribution < -0.4 is 10.7 Å². The van der Waals surface area contributed by atoms with E-state index in [1.54, 1.807) is 36.7 Å². The van der Waals surface area contributed by atoms with E-state index >= 15 is 0 Å². The molecular weight excluding hydrogens is 378 g/mol. The van der Waals surface area contributed by atoms with Gasteiger partial charge in [0, 0.05) is 29.9 Å². The number of carbonyl (C=O) groups excluding carboxylic acids is 1. The van der Waals surface area contributed by atoms with E-state index in [4.69, 9.17) is 16.0 Å². The predicted octanol–water partition coefficient (Wildman–Crippen LogP) is 2.60. The van der Waals surface area contributed by atoms with Crippen molar-refractivity contribution in [2.75, 3.05) is 5.75 Å². The Morgan fingerprint density at radius 1 is 1.42 bits per heavy atom. The normalized spacial score (nSPS) is 11.0. The number of aryl methyl sites for hydroxylation is 1. The molecule has 0 unspecified atom stereocenters. The average Bonchev–Trinajstić information content (AvgIpc) is 3.00. The summed E-state index contributed by atoms with van der Waals surface area (Å²) < 4.78 is 7.20. The first kappa shape index (κ1) is 18.3. The molecule has 2 aromatic heterocycles. The van der Waals surface area contributed by atoms with Crippen molar-refractivity contribution in [1.29, 1.82) is 0 Å². The van der Waals surface area contributed by atoms with Crippen LogP contribution >= 0.6 is 23.4 Å². The molecule has 0 atom stereocenters. The summed E-state index contributed by atoms with van der Waals surface area (Å²) in [5.74, 6) is -0.549. The van der Waals surface area contributed by atoms with Crippen molar-refractivity contribution in [3.05, 3.63) is 50.9 Å². The van der Waals surface area contributed by atoms with E-state index in [1.807, 2.05) is 0 Å². The van der Waals surface area contributed by atoms with Gasteiger partial charge >= 0.3 is 0 Å². The van der Waals surface area contributed by atoms with Gasteiger partial charge in [0.15, 0.2) is 11.3 Å². The number of aromatic nitrogens is 2. The van der Waals surface area contributed by atoms with E-state index in [9.17, 15) is 14.7 Å². The number of benzene rings is 1. The Bertz CT molecular complexity index is 1040. The summed E-state index contributed by atoms with van der Waals surface area (Å²) in [6.45, 7) is 1.79. The molecule has 0 saturated carbocycles. The van der Waals surface area contributed by atoms with Crippen molar-refractivity contribution in [2.45, 2.75) is 18.7 Å². The SMILES string of the molecule is Cc1cc(=O)c(O)c(CNC(=O)CSc2nc3ccc(Cl)cc3o2)n1C. The minimum absolute atomic E-state index is 0.0435. The fraction of sp³-hybridized carbons (Fsp3) is 0.235. The van der Waals surface area contributed by atoms with E-state index in [2.05, 4.69) is 10.3 Å². The van der Waals surface area contributed by atoms with Gasteiger partial charge in [0.05, 0.1) is 18.0 Å². The highest BCUT2D eigenvalue weighted by molar-refractivity contribution is 7.99. The van der Waals surface area contributed by atoms with Gasteiger partial charge < -0.3 is 19.4 Å². The maximum Gasteiger partial charge on any atom is 0.257 e. The van der Waals surface area contributed by atoms with Gasteiger partial charge in [-0.3, -0.25) is 9.59 Å². The van der Waals surface area contributed by atoms with Gasteiger partial charge in [-0.2, -0.15) is 0 Å². The second-order valence-corrected chi connectivity index (χ2v) is 7.02. The number of nitrogens with zero attached hydrogens (tertiary/aromatic N) is 2. The summed E-state index contributed by atoms with van der Waals surface area (Å²) in [7, 11) is 1.72. The number of amides is 1. The molecule has 0 bridgehead atoms. The van der Waals surface area contributed by atoms with E-state index in [-0.39, 0.29) is 24.0 Å². The number of rotatable bonds is 5. The largest absolute Gasteiger partial charge is 0.503 e. The smallest absolute Gasteiger partial charge is 0.257 e. The lowest BCUT2D eigenvalue weighted by atomic mass is 10.2. The number of oxazole rings is 1. The maximum atomic E-state index is 12.1. The van der Waals surface area contributed by atoms with Crippen LogP contribution in [0.5, 0.6) is 5.75 Å². The summed E-state index contributed by atoms with van der Waals surface area (Å²) >= 11 is 7.05. The number of thioether (sulfide) groups is 1. The number of fused-ring (bicyclic) bond motifs is 1. The van der Waals surface area contributed by atoms with E-state index in [0.717, 1.165) is 11.8 Å². The second-order valence-electron chi connectivity index (χ2n) is 5.66. The number of hydrogen-bond donors (Lipinski definition) is 2. The van der Waals surface area contributed by atoms with Crippen molar-refractivity contribution < 1.29 is 14.3 Å². The molecule has 3 aromatic rings. The fourth-order valence-corrected chi connectivity index (χ4v) is 3.20. The Kier molecular flexibility index (Phi) is 5.24. The number of pyridine rings is 1. The zero-order valence-electron chi connectivity index (χ0n) is 14.1. The summed E-state index contributed by atoms with van der Waals surface area (Å²) in [6, 6.07) is 6.46. The Labute approximate surface area is 158 Å². The third-order valence-corrected chi connectivity index (χ3v) is 4.95. The van der Waals surface area contributed by atoms with Crippen molar-refractivity contribution in [3.63, 3.8) is 0 Å². The highest BCUT2D eigenvalue weighted by Gasteiger charge is 2.13. The molecule has 7 nitrogen and oxygen atoms in total. The summed E-state index contributed by atoms with van der Waals surface area (Å²) in [5, 5.41) is 13.5. The number of carbonyl (C=O) groups is 1. The number of halogens is 1. The van der Waals surface area contributed by atoms with Gasteiger partial charge in [-0.1, -0.05) is 23.4 Å². The summed E-state index contributed by atoms with van der Waals surface area (Å²) in [5.41, 5.74) is 1.79. The van der Waals surface area contributed by atoms with Gasteiger partial charge in [-0.25, -0.2) is 4.98 Å². The van der Waals surface area contributed by atoms with Crippen LogP contribution in [0.15, 0.2) is 38.7 Å². The molecular formula is C17H16ClN3O4S. The molecule has 1 amide bonds. The number of nitrogens with one attached hydrogen (secondary N) is 1. The third-order valence-electron chi connectivity index (χ3n) is 3.89. The molecule has 0 aliphatic heterocycles. The Morgan fingerprint density at radius 3 is 2.96 bits per heavy atom. The third kappa shape index (κ3) is 3.86. The zero-order valence-corrected chi connectivity index (χ0v) is 15.6. The van der Waals surface area contributed by atoms with Crippen LogP contribution in [0.3, 0.4) is 0 Å². The molecule has 0 saturated heterocycles. The molecule has 1 aromatic carbocycles. The van der Waals surface area contributed by atoms with Crippen LogP contribution in [-0.2, 0) is 18.4 Å². The van der Waals surface area contributed by atoms with Crippen molar-refractivity contribution in [1.82, 2.24) is 14.9 Å². The first-order valence-electron chi connectivity index (χ1n) is 7.69. The molecule has 2 N–H and O–H groups in total. The second kappa shape index (κ2) is 7.43. The van der Waals surface area contributed by atoms with E-state index < -0.39 is 5.43 Å². The van der Waals surface area contributed by atoms with E-state index in [1.165, 1.54) is 6.07 Å². The van der Waals surface area contributed by atoms with Crippen LogP contribution in [0.25, 0.3) is 11.1 Å². The van der Waals surface area contributed by atoms with Gasteiger partial charge in [0.1, 0.15) is 5.52 Å². The molecule has 136 valence electrons. The average molecular weight is 394 g/mol. The van der Waals surface area contributed by atoms with Crippen LogP contribution in [-0.4, -0.2) is 26.3 Å². The molecule has 0 aliphatic rings. The molecule has 9 heteroatoms. The minimum atomic E-state index is -0.468. The molecule has 0 fully saturated rings. The molecule has 26 heavy (non-hydrogen) atoms. The molecule has 2 heterocycles. The Morgan fingerprint density at radius 2 is 2.19 bits per heavy atom. The van der Waals surface area contributed by atoms with Crippen LogP contribution in [0, 0.1) is 6.92 Å². The standard InChI is InChI=1S/C17H16ClN3O4S/c1-9-5-13(22)16(24)12(21(9)2)7-19-15(23)8-26-17-20-11-4-3-10(18)6-14(11)25-17/h3-6,24H,7-8H2,1-2H3,(H,19,23). The number of hydrogen-bond acceptors (Lipinski definition) is 6. The predicted molar refractivity (Wildman–Crippen MR) is 99.7 cm³/mol. The fourth-order valence-electron chi connectivity index (χ4n) is 2.37. The highest BCUT2D eigenvalue weighted by Crippen LogP contribution is 2.25. The first-order valence-corrected chi connectivity index (χ1v) is 9.05. The summed E-state index contributed by atoms with van der Waals surface area (Å²) in [4.78, 5) is 28.0. The molecule has 0 spiro atoms. The summed E-state index contributed by atoms with van der Waals surface area (Å²) in [6.07, 6.45) is 0. The van der Waals surface area contributed by atoms with E-state index in [0.29, 0.717) is 32.7 Å². The topological polar surface area (TPSA) is 97.4 Å². The van der Waals surface area contributed by atoms with Gasteiger partial charge in [-0.15, -0.1) is 0 Å². The van der Waals surface area contributed by atoms with Gasteiger partial charge in [-0.05, 0) is 19.1 Å². The zero-order chi connectivity index (χ0) is 18.8. The Balaban J connectivity index is 1.62. The molecule has 0 radical (unpaired) electrons. The quantitative estimate of drug-likeness (QED) is 0.647. The van der Waals surface area contributed by atoms with Gasteiger partial charge in [0.25, 0.3) is 5.22 Å². The van der Waals surface area contributed by atoms with Crippen molar-refractivity contribution >= 4 is 40.4 Å². The maximum absolute atomic E-state index is 12.1. The highest BCUT2D eigenvalue weighted by atomic mass is 35.5. The lowest BCUT2D eigenvalue weighted by Gasteiger charge is -2.14. The number of aromatic hydroxyl groups is 1. The van der Waals surface area contributed by atoms with Crippen LogP contribution in [0.1, 0.15) is 11.4 Å². The molecule has 3 rings (SSSR count). The van der Waals surface area contributed by atoms with Crippen LogP contribution in [0.2, 0.25) is 5.02 Å². The first-order chi connectivity index (χ1) is 12.3. The van der Waals surface area contributed by atoms with Crippen molar-refractivity contribution in [2.24, 2.45) is 7.05 Å². The Hall–Kier alpha value is -2.45. The lowest BCUT2D eigenvalue weighted by molar-refractivity contribution is -0.118. The molecule has 0 aliphatic carbocycles. The minimum Gasteiger partial charge on any atom is -0.503 e. The lowest BCUT2D eigenvalue weighted by Crippen LogP contribution is -2.27. The van der Waals surface area contributed by atoms with Crippen LogP contribution in [0.4, 0.5) is 0 Å². The van der Waals surface area contributed by atoms with Crippen molar-refractivity contribution in [3.8, 4) is 5.75 Å².